The van der Waals surface area contributed by atoms with E-state index in [1.165, 1.54) is 24.4 Å². The predicted octanol–water partition coefficient (Wildman–Crippen LogP) is 1.42. The van der Waals surface area contributed by atoms with Crippen LogP contribution in [0.3, 0.4) is 0 Å². The maximum atomic E-state index is 13.1. The fourth-order valence-corrected chi connectivity index (χ4v) is 4.98. The van der Waals surface area contributed by atoms with Gasteiger partial charge in [0.05, 0.1) is 10.5 Å². The highest BCUT2D eigenvalue weighted by atomic mass is 127. The fourth-order valence-electron chi connectivity index (χ4n) is 3.48. The Morgan fingerprint density at radius 1 is 1.14 bits per heavy atom. The van der Waals surface area contributed by atoms with Gasteiger partial charge in [0.1, 0.15) is 18.8 Å². The zero-order valence-electron chi connectivity index (χ0n) is 19.4. The van der Waals surface area contributed by atoms with Crippen molar-refractivity contribution in [1.29, 1.82) is 0 Å². The molecule has 0 aliphatic carbocycles. The maximum Gasteiger partial charge on any atom is 0.330 e. The highest BCUT2D eigenvalue weighted by Crippen LogP contribution is 2.35. The number of aromatic nitrogens is 2. The first-order valence-electron chi connectivity index (χ1n) is 10.5. The molecule has 3 rings (SSSR count). The first-order chi connectivity index (χ1) is 16.9. The average molecular weight is 634 g/mol. The number of hydrogen-bond donors (Lipinski definition) is 1. The lowest BCUT2D eigenvalue weighted by Gasteiger charge is -2.24. The topological polar surface area (TPSA) is 160 Å². The van der Waals surface area contributed by atoms with E-state index in [0.29, 0.717) is 0 Å². The summed E-state index contributed by atoms with van der Waals surface area (Å²) in [5, 5.41) is 0. The summed E-state index contributed by atoms with van der Waals surface area (Å²) in [5.41, 5.74) is -0.668. The lowest BCUT2D eigenvalue weighted by atomic mass is 10.1. The predicted molar refractivity (Wildman–Crippen MR) is 134 cm³/mol. The zero-order valence-corrected chi connectivity index (χ0v) is 22.3. The van der Waals surface area contributed by atoms with Gasteiger partial charge in [-0.3, -0.25) is 28.1 Å². The molecule has 1 saturated heterocycles. The summed E-state index contributed by atoms with van der Waals surface area (Å²) in [7, 11) is -4.41. The standard InChI is InChI=1S/C22H23IN2O10S/c1-12-4-6-16(7-5-12)36(30,31)35-18-17(11-32-13(2)26)34-21(19(18)33-14(3)27)25-10-15(8-9-23)20(28)24-22(25)29/h4-10,17-19,21H,11H2,1-3H3,(H,24,28,29)/t17-,18+,19-,21-/m1/s1. The van der Waals surface area contributed by atoms with Crippen molar-refractivity contribution in [3.05, 3.63) is 66.5 Å². The molecule has 1 fully saturated rings. The highest BCUT2D eigenvalue weighted by molar-refractivity contribution is 14.1. The molecule has 1 aliphatic rings. The van der Waals surface area contributed by atoms with Gasteiger partial charge in [0.25, 0.3) is 15.7 Å². The van der Waals surface area contributed by atoms with Gasteiger partial charge >= 0.3 is 17.6 Å². The molecule has 0 spiro atoms. The number of halogens is 1. The van der Waals surface area contributed by atoms with Crippen LogP contribution in [0.5, 0.6) is 0 Å². The Kier molecular flexibility index (Phi) is 8.86. The van der Waals surface area contributed by atoms with Gasteiger partial charge in [0.15, 0.2) is 12.3 Å². The monoisotopic (exact) mass is 634 g/mol. The highest BCUT2D eigenvalue weighted by Gasteiger charge is 2.51. The van der Waals surface area contributed by atoms with Crippen LogP contribution in [0.1, 0.15) is 31.2 Å². The number of carbonyl (C=O) groups excluding carboxylic acids is 2. The summed E-state index contributed by atoms with van der Waals surface area (Å²) in [6, 6.07) is 5.84. The zero-order chi connectivity index (χ0) is 26.6. The average Bonchev–Trinajstić information content (AvgIpc) is 3.10. The number of H-pyrrole nitrogens is 1. The normalized spacial score (nSPS) is 22.0. The Morgan fingerprint density at radius 3 is 2.39 bits per heavy atom. The van der Waals surface area contributed by atoms with Crippen molar-refractivity contribution in [2.75, 3.05) is 6.61 Å². The SMILES string of the molecule is CC(=O)OC[C@H]1O[C@@H](n2cc(C=CI)c(=O)[nH]c2=O)[C@H](OC(C)=O)[C@H]1OS(=O)(=O)c1ccc(C)cc1. The van der Waals surface area contributed by atoms with Crippen LogP contribution in [0.2, 0.25) is 0 Å². The number of aromatic amines is 1. The first-order valence-corrected chi connectivity index (χ1v) is 13.2. The molecule has 36 heavy (non-hydrogen) atoms. The number of ether oxygens (including phenoxy) is 3. The molecule has 12 nitrogen and oxygen atoms in total. The van der Waals surface area contributed by atoms with Crippen LogP contribution in [-0.4, -0.2) is 54.8 Å². The minimum Gasteiger partial charge on any atom is -0.463 e. The van der Waals surface area contributed by atoms with E-state index in [9.17, 15) is 27.6 Å². The van der Waals surface area contributed by atoms with E-state index in [0.717, 1.165) is 24.0 Å². The third kappa shape index (κ3) is 6.48. The third-order valence-corrected chi connectivity index (χ3v) is 6.78. The van der Waals surface area contributed by atoms with Crippen molar-refractivity contribution in [1.82, 2.24) is 9.55 Å². The Labute approximate surface area is 219 Å². The first kappa shape index (κ1) is 27.8. The van der Waals surface area contributed by atoms with Crippen molar-refractivity contribution in [2.24, 2.45) is 0 Å². The van der Waals surface area contributed by atoms with Crippen molar-refractivity contribution in [3.8, 4) is 0 Å². The quantitative estimate of drug-likeness (QED) is 0.256. The van der Waals surface area contributed by atoms with Gasteiger partial charge < -0.3 is 14.2 Å². The second-order valence-electron chi connectivity index (χ2n) is 7.81. The molecule has 1 N–H and O–H groups in total. The van der Waals surface area contributed by atoms with Gasteiger partial charge in [0, 0.05) is 20.0 Å². The summed E-state index contributed by atoms with van der Waals surface area (Å²) < 4.78 is 50.3. The van der Waals surface area contributed by atoms with Crippen LogP contribution in [0.25, 0.3) is 6.08 Å². The smallest absolute Gasteiger partial charge is 0.330 e. The number of carbonyl (C=O) groups is 2. The molecule has 0 bridgehead atoms. The van der Waals surface area contributed by atoms with E-state index in [1.807, 2.05) is 22.6 Å². The minimum absolute atomic E-state index is 0.0855. The number of nitrogens with zero attached hydrogens (tertiary/aromatic N) is 1. The molecule has 1 aromatic carbocycles. The number of hydrogen-bond acceptors (Lipinski definition) is 10. The van der Waals surface area contributed by atoms with Crippen molar-refractivity contribution >= 4 is 50.7 Å². The molecule has 1 aliphatic heterocycles. The van der Waals surface area contributed by atoms with E-state index in [4.69, 9.17) is 18.4 Å². The summed E-state index contributed by atoms with van der Waals surface area (Å²) >= 11 is 1.89. The van der Waals surface area contributed by atoms with Crippen LogP contribution in [0, 0.1) is 6.92 Å². The van der Waals surface area contributed by atoms with Gasteiger partial charge in [-0.1, -0.05) is 40.3 Å². The number of aryl methyl sites for hydroxylation is 1. The van der Waals surface area contributed by atoms with Crippen molar-refractivity contribution in [2.45, 2.75) is 50.2 Å². The summed E-state index contributed by atoms with van der Waals surface area (Å²) in [6.07, 6.45) is -3.05. The van der Waals surface area contributed by atoms with Crippen LogP contribution in [0.4, 0.5) is 0 Å². The number of rotatable bonds is 8. The van der Waals surface area contributed by atoms with E-state index in [-0.39, 0.29) is 10.5 Å². The van der Waals surface area contributed by atoms with E-state index < -0.39 is 64.5 Å². The van der Waals surface area contributed by atoms with E-state index in [2.05, 4.69) is 4.98 Å². The molecule has 2 heterocycles. The van der Waals surface area contributed by atoms with Crippen LogP contribution < -0.4 is 11.2 Å². The lowest BCUT2D eigenvalue weighted by Crippen LogP contribution is -2.43. The second-order valence-corrected chi connectivity index (χ2v) is 10.1. The molecule has 2 aromatic rings. The van der Waals surface area contributed by atoms with Crippen LogP contribution in [-0.2, 0) is 38.1 Å². The molecule has 4 atom stereocenters. The summed E-state index contributed by atoms with van der Waals surface area (Å²) in [6.45, 7) is 3.55. The minimum atomic E-state index is -4.41. The molecule has 0 unspecified atom stereocenters. The molecule has 14 heteroatoms. The van der Waals surface area contributed by atoms with Crippen molar-refractivity contribution < 1.29 is 36.4 Å². The molecular weight excluding hydrogens is 611 g/mol. The number of benzene rings is 1. The molecule has 0 radical (unpaired) electrons. The molecule has 1 aromatic heterocycles. The second kappa shape index (κ2) is 11.5. The summed E-state index contributed by atoms with van der Waals surface area (Å²) in [4.78, 5) is 50.1. The Bertz CT molecular complexity index is 1380. The fraction of sp³-hybridized carbons (Fsp3) is 0.364. The van der Waals surface area contributed by atoms with Crippen molar-refractivity contribution in [3.63, 3.8) is 0 Å². The maximum absolute atomic E-state index is 13.1. The van der Waals surface area contributed by atoms with Gasteiger partial charge in [-0.15, -0.1) is 0 Å². The Morgan fingerprint density at radius 2 is 1.81 bits per heavy atom. The molecule has 0 amide bonds. The van der Waals surface area contributed by atoms with Gasteiger partial charge in [-0.05, 0) is 29.2 Å². The number of nitrogens with one attached hydrogen (secondary N) is 1. The summed E-state index contributed by atoms with van der Waals surface area (Å²) in [5.74, 6) is -1.49. The van der Waals surface area contributed by atoms with E-state index >= 15 is 0 Å². The largest absolute Gasteiger partial charge is 0.463 e. The Balaban J connectivity index is 2.09. The van der Waals surface area contributed by atoms with Gasteiger partial charge in [-0.25, -0.2) is 4.79 Å². The molecule has 194 valence electrons. The van der Waals surface area contributed by atoms with Gasteiger partial charge in [-0.2, -0.15) is 8.42 Å². The third-order valence-electron chi connectivity index (χ3n) is 5.10. The lowest BCUT2D eigenvalue weighted by molar-refractivity contribution is -0.155. The molecular formula is C22H23IN2O10S. The van der Waals surface area contributed by atoms with E-state index in [1.54, 1.807) is 23.1 Å². The molecule has 0 saturated carbocycles. The van der Waals surface area contributed by atoms with Crippen LogP contribution >= 0.6 is 22.6 Å². The number of esters is 2. The van der Waals surface area contributed by atoms with Gasteiger partial charge in [0.2, 0.25) is 0 Å². The Hall–Kier alpha value is -2.82. The van der Waals surface area contributed by atoms with Crippen LogP contribution in [0.15, 0.2) is 49.0 Å².